The first-order valence-electron chi connectivity index (χ1n) is 6.54. The number of aromatic nitrogens is 2. The lowest BCUT2D eigenvalue weighted by Crippen LogP contribution is -2.11. The van der Waals surface area contributed by atoms with Gasteiger partial charge < -0.3 is 14.6 Å². The van der Waals surface area contributed by atoms with Crippen molar-refractivity contribution in [2.45, 2.75) is 38.2 Å². The Morgan fingerprint density at radius 2 is 2.29 bits per heavy atom. The summed E-state index contributed by atoms with van der Waals surface area (Å²) in [6.07, 6.45) is 5.49. The summed E-state index contributed by atoms with van der Waals surface area (Å²) in [6, 6.07) is 0. The highest BCUT2D eigenvalue weighted by molar-refractivity contribution is 4.92. The number of nitrogens with one attached hydrogen (secondary N) is 1. The fraction of sp³-hybridized carbons (Fsp3) is 0.833. The predicted molar refractivity (Wildman–Crippen MR) is 61.7 cm³/mol. The number of hydrogen-bond acceptors (Lipinski definition) is 5. The lowest BCUT2D eigenvalue weighted by molar-refractivity contribution is 0.109. The van der Waals surface area contributed by atoms with Crippen LogP contribution >= 0.6 is 0 Å². The van der Waals surface area contributed by atoms with E-state index in [0.717, 1.165) is 57.1 Å². The Morgan fingerprint density at radius 3 is 3.06 bits per heavy atom. The summed E-state index contributed by atoms with van der Waals surface area (Å²) in [5.74, 6) is 2.25. The predicted octanol–water partition coefficient (Wildman–Crippen LogP) is 0.943. The van der Waals surface area contributed by atoms with E-state index in [4.69, 9.17) is 9.26 Å². The second-order valence-electron chi connectivity index (χ2n) is 5.01. The largest absolute Gasteiger partial charge is 0.378 e. The minimum atomic E-state index is 0.300. The molecule has 3 heterocycles. The first-order chi connectivity index (χ1) is 8.40. The molecule has 2 fully saturated rings. The third-order valence-electron chi connectivity index (χ3n) is 3.57. The summed E-state index contributed by atoms with van der Waals surface area (Å²) < 4.78 is 10.9. The normalized spacial score (nSPS) is 28.9. The van der Waals surface area contributed by atoms with Crippen LogP contribution in [-0.4, -0.2) is 35.9 Å². The van der Waals surface area contributed by atoms with Crippen LogP contribution in [0, 0.1) is 5.92 Å². The van der Waals surface area contributed by atoms with Crippen LogP contribution < -0.4 is 5.32 Å². The van der Waals surface area contributed by atoms with Crippen molar-refractivity contribution < 1.29 is 9.26 Å². The van der Waals surface area contributed by atoms with Gasteiger partial charge in [-0.25, -0.2) is 0 Å². The average Bonchev–Trinajstić information content (AvgIpc) is 3.02. The zero-order valence-corrected chi connectivity index (χ0v) is 10.0. The second-order valence-corrected chi connectivity index (χ2v) is 5.01. The van der Waals surface area contributed by atoms with Gasteiger partial charge in [0, 0.05) is 19.4 Å². The lowest BCUT2D eigenvalue weighted by atomic mass is 10.1. The van der Waals surface area contributed by atoms with Crippen molar-refractivity contribution in [1.82, 2.24) is 15.5 Å². The Hall–Kier alpha value is -0.940. The molecule has 2 saturated heterocycles. The summed E-state index contributed by atoms with van der Waals surface area (Å²) in [7, 11) is 0. The zero-order chi connectivity index (χ0) is 11.5. The Kier molecular flexibility index (Phi) is 3.38. The molecule has 3 rings (SSSR count). The summed E-state index contributed by atoms with van der Waals surface area (Å²) in [5, 5.41) is 7.38. The summed E-state index contributed by atoms with van der Waals surface area (Å²) in [6.45, 7) is 3.06. The van der Waals surface area contributed by atoms with Gasteiger partial charge in [-0.2, -0.15) is 4.98 Å². The van der Waals surface area contributed by atoms with Crippen molar-refractivity contribution in [1.29, 1.82) is 0 Å². The van der Waals surface area contributed by atoms with E-state index in [-0.39, 0.29) is 0 Å². The average molecular weight is 237 g/mol. The van der Waals surface area contributed by atoms with Crippen molar-refractivity contribution in [3.05, 3.63) is 11.7 Å². The lowest BCUT2D eigenvalue weighted by Gasteiger charge is -2.04. The molecule has 0 amide bonds. The molecule has 1 N–H and O–H groups in total. The number of rotatable bonds is 4. The molecule has 5 heteroatoms. The molecule has 1 aromatic heterocycles. The minimum Gasteiger partial charge on any atom is -0.378 e. The monoisotopic (exact) mass is 237 g/mol. The van der Waals surface area contributed by atoms with Gasteiger partial charge in [-0.15, -0.1) is 0 Å². The molecular weight excluding hydrogens is 218 g/mol. The smallest absolute Gasteiger partial charge is 0.226 e. The van der Waals surface area contributed by atoms with Gasteiger partial charge >= 0.3 is 0 Å². The number of hydrogen-bond donors (Lipinski definition) is 1. The molecule has 94 valence electrons. The maximum atomic E-state index is 5.57. The molecule has 2 atom stereocenters. The molecule has 0 bridgehead atoms. The molecule has 2 aliphatic rings. The Morgan fingerprint density at radius 1 is 1.29 bits per heavy atom. The van der Waals surface area contributed by atoms with Crippen LogP contribution in [0.15, 0.2) is 4.52 Å². The molecule has 0 aromatic carbocycles. The van der Waals surface area contributed by atoms with Crippen LogP contribution in [-0.2, 0) is 17.6 Å². The van der Waals surface area contributed by atoms with Gasteiger partial charge in [0.15, 0.2) is 5.82 Å². The van der Waals surface area contributed by atoms with Crippen molar-refractivity contribution >= 4 is 0 Å². The fourth-order valence-electron chi connectivity index (χ4n) is 2.60. The molecule has 5 nitrogen and oxygen atoms in total. The highest BCUT2D eigenvalue weighted by atomic mass is 16.5. The Labute approximate surface area is 101 Å². The molecule has 0 radical (unpaired) electrons. The van der Waals surface area contributed by atoms with Gasteiger partial charge in [0.05, 0.1) is 6.10 Å². The van der Waals surface area contributed by atoms with Gasteiger partial charge in [-0.1, -0.05) is 5.16 Å². The molecule has 0 aliphatic carbocycles. The molecule has 1 aromatic rings. The van der Waals surface area contributed by atoms with E-state index in [2.05, 4.69) is 15.5 Å². The zero-order valence-electron chi connectivity index (χ0n) is 10.0. The van der Waals surface area contributed by atoms with E-state index >= 15 is 0 Å². The summed E-state index contributed by atoms with van der Waals surface area (Å²) in [4.78, 5) is 4.45. The molecule has 0 saturated carbocycles. The second kappa shape index (κ2) is 5.14. The Balaban J connectivity index is 1.54. The fourth-order valence-corrected chi connectivity index (χ4v) is 2.60. The van der Waals surface area contributed by atoms with Crippen LogP contribution in [0.1, 0.15) is 31.0 Å². The quantitative estimate of drug-likeness (QED) is 0.844. The molecule has 17 heavy (non-hydrogen) atoms. The maximum absolute atomic E-state index is 5.57. The van der Waals surface area contributed by atoms with Gasteiger partial charge in [0.1, 0.15) is 0 Å². The molecular formula is C12H19N3O2. The third kappa shape index (κ3) is 2.84. The summed E-state index contributed by atoms with van der Waals surface area (Å²) in [5.41, 5.74) is 0. The number of nitrogens with zero attached hydrogens (tertiary/aromatic N) is 2. The van der Waals surface area contributed by atoms with Crippen LogP contribution in [0.5, 0.6) is 0 Å². The first kappa shape index (κ1) is 11.2. The highest BCUT2D eigenvalue weighted by Crippen LogP contribution is 2.17. The van der Waals surface area contributed by atoms with Gasteiger partial charge in [-0.3, -0.25) is 0 Å². The van der Waals surface area contributed by atoms with E-state index in [9.17, 15) is 0 Å². The van der Waals surface area contributed by atoms with Gasteiger partial charge in [0.2, 0.25) is 5.89 Å². The Bertz CT molecular complexity index is 322. The van der Waals surface area contributed by atoms with Crippen LogP contribution in [0.2, 0.25) is 0 Å². The van der Waals surface area contributed by atoms with Crippen LogP contribution in [0.3, 0.4) is 0 Å². The van der Waals surface area contributed by atoms with E-state index in [0.29, 0.717) is 12.0 Å². The topological polar surface area (TPSA) is 60.2 Å². The SMILES string of the molecule is C1COC(Cc2noc(CC3CCNC3)n2)C1. The van der Waals surface area contributed by atoms with E-state index < -0.39 is 0 Å². The minimum absolute atomic E-state index is 0.300. The first-order valence-corrected chi connectivity index (χ1v) is 6.54. The molecule has 0 spiro atoms. The van der Waals surface area contributed by atoms with Crippen LogP contribution in [0.4, 0.5) is 0 Å². The van der Waals surface area contributed by atoms with Crippen molar-refractivity contribution in [3.8, 4) is 0 Å². The van der Waals surface area contributed by atoms with E-state index in [1.807, 2.05) is 0 Å². The molecule has 2 unspecified atom stereocenters. The molecule has 2 aliphatic heterocycles. The van der Waals surface area contributed by atoms with Crippen molar-refractivity contribution in [3.63, 3.8) is 0 Å². The van der Waals surface area contributed by atoms with Crippen molar-refractivity contribution in [2.24, 2.45) is 5.92 Å². The maximum Gasteiger partial charge on any atom is 0.226 e. The van der Waals surface area contributed by atoms with Gasteiger partial charge in [-0.05, 0) is 38.3 Å². The summed E-state index contributed by atoms with van der Waals surface area (Å²) >= 11 is 0. The standard InChI is InChI=1S/C12H19N3O2/c1-2-10(16-5-1)7-11-14-12(17-15-11)6-9-3-4-13-8-9/h9-10,13H,1-8H2. The highest BCUT2D eigenvalue weighted by Gasteiger charge is 2.21. The number of ether oxygens (including phenoxy) is 1. The van der Waals surface area contributed by atoms with E-state index in [1.165, 1.54) is 6.42 Å². The van der Waals surface area contributed by atoms with Crippen LogP contribution in [0.25, 0.3) is 0 Å². The van der Waals surface area contributed by atoms with Crippen molar-refractivity contribution in [2.75, 3.05) is 19.7 Å². The van der Waals surface area contributed by atoms with Gasteiger partial charge in [0.25, 0.3) is 0 Å². The van der Waals surface area contributed by atoms with E-state index in [1.54, 1.807) is 0 Å². The third-order valence-corrected chi connectivity index (χ3v) is 3.57.